The molecular formula is C23H21NO4. The molecular weight excluding hydrogens is 354 g/mol. The smallest absolute Gasteiger partial charge is 0.335 e. The second kappa shape index (κ2) is 9.37. The number of carboxylic acid groups (broad SMARTS) is 1. The van der Waals surface area contributed by atoms with Gasteiger partial charge in [0.15, 0.2) is 0 Å². The first kappa shape index (κ1) is 19.2. The summed E-state index contributed by atoms with van der Waals surface area (Å²) in [6, 6.07) is 25.2. The third-order valence-corrected chi connectivity index (χ3v) is 4.22. The molecule has 5 heteroatoms. The van der Waals surface area contributed by atoms with E-state index in [1.165, 1.54) is 0 Å². The van der Waals surface area contributed by atoms with E-state index in [0.29, 0.717) is 18.7 Å². The van der Waals surface area contributed by atoms with Crippen molar-refractivity contribution < 1.29 is 19.4 Å². The molecule has 0 aliphatic rings. The number of ether oxygens (including phenoxy) is 1. The predicted molar refractivity (Wildman–Crippen MR) is 106 cm³/mol. The Bertz CT molecular complexity index is 926. The molecule has 3 aromatic rings. The molecule has 2 N–H and O–H groups in total. The second-order valence-corrected chi connectivity index (χ2v) is 6.27. The van der Waals surface area contributed by atoms with E-state index in [1.54, 1.807) is 30.3 Å². The van der Waals surface area contributed by atoms with Gasteiger partial charge in [0.2, 0.25) is 6.10 Å². The molecule has 0 saturated carbocycles. The van der Waals surface area contributed by atoms with Crippen LogP contribution in [0.4, 0.5) is 0 Å². The quantitative estimate of drug-likeness (QED) is 0.627. The van der Waals surface area contributed by atoms with E-state index in [4.69, 9.17) is 9.84 Å². The van der Waals surface area contributed by atoms with Crippen LogP contribution < -0.4 is 10.1 Å². The molecule has 5 nitrogen and oxygen atoms in total. The highest BCUT2D eigenvalue weighted by Gasteiger charge is 2.22. The van der Waals surface area contributed by atoms with Gasteiger partial charge in [-0.05, 0) is 36.2 Å². The minimum Gasteiger partial charge on any atom is -0.478 e. The number of para-hydroxylation sites is 1. The molecule has 28 heavy (non-hydrogen) atoms. The molecule has 0 spiro atoms. The summed E-state index contributed by atoms with van der Waals surface area (Å²) in [4.78, 5) is 23.9. The molecule has 3 rings (SSSR count). The van der Waals surface area contributed by atoms with Crippen LogP contribution in [0, 0.1) is 0 Å². The summed E-state index contributed by atoms with van der Waals surface area (Å²) >= 11 is 0. The highest BCUT2D eigenvalue weighted by atomic mass is 16.5. The molecule has 0 aromatic heterocycles. The minimum absolute atomic E-state index is 0.235. The minimum atomic E-state index is -0.966. The van der Waals surface area contributed by atoms with E-state index in [0.717, 1.165) is 11.1 Å². The first-order valence-electron chi connectivity index (χ1n) is 9.00. The Morgan fingerprint density at radius 3 is 2.25 bits per heavy atom. The van der Waals surface area contributed by atoms with Gasteiger partial charge in [-0.1, -0.05) is 60.7 Å². The molecule has 1 atom stereocenters. The second-order valence-electron chi connectivity index (χ2n) is 6.27. The molecule has 142 valence electrons. The van der Waals surface area contributed by atoms with Crippen molar-refractivity contribution in [1.82, 2.24) is 5.32 Å². The lowest BCUT2D eigenvalue weighted by Crippen LogP contribution is -2.33. The molecule has 0 bridgehead atoms. The fraction of sp³-hybridized carbons (Fsp3) is 0.130. The summed E-state index contributed by atoms with van der Waals surface area (Å²) in [5.41, 5.74) is 1.84. The van der Waals surface area contributed by atoms with E-state index >= 15 is 0 Å². The Morgan fingerprint density at radius 1 is 0.893 bits per heavy atom. The maximum atomic E-state index is 12.8. The van der Waals surface area contributed by atoms with Crippen molar-refractivity contribution in [2.75, 3.05) is 6.54 Å². The van der Waals surface area contributed by atoms with Crippen molar-refractivity contribution in [2.24, 2.45) is 0 Å². The number of aromatic carboxylic acids is 1. The Morgan fingerprint density at radius 2 is 1.57 bits per heavy atom. The van der Waals surface area contributed by atoms with Gasteiger partial charge < -0.3 is 15.2 Å². The number of carboxylic acids is 1. The lowest BCUT2D eigenvalue weighted by Gasteiger charge is -2.19. The van der Waals surface area contributed by atoms with Gasteiger partial charge in [0.25, 0.3) is 5.91 Å². The number of hydrogen-bond donors (Lipinski definition) is 2. The van der Waals surface area contributed by atoms with Gasteiger partial charge in [-0.2, -0.15) is 0 Å². The summed E-state index contributed by atoms with van der Waals surface area (Å²) in [7, 11) is 0. The summed E-state index contributed by atoms with van der Waals surface area (Å²) < 4.78 is 5.93. The number of nitrogens with one attached hydrogen (secondary N) is 1. The monoisotopic (exact) mass is 375 g/mol. The topological polar surface area (TPSA) is 75.6 Å². The maximum absolute atomic E-state index is 12.8. The van der Waals surface area contributed by atoms with Crippen LogP contribution in [-0.4, -0.2) is 23.5 Å². The maximum Gasteiger partial charge on any atom is 0.335 e. The van der Waals surface area contributed by atoms with E-state index < -0.39 is 12.1 Å². The van der Waals surface area contributed by atoms with Crippen molar-refractivity contribution >= 4 is 11.9 Å². The van der Waals surface area contributed by atoms with E-state index in [-0.39, 0.29) is 11.5 Å². The summed E-state index contributed by atoms with van der Waals surface area (Å²) in [5.74, 6) is -0.601. The van der Waals surface area contributed by atoms with Gasteiger partial charge in [-0.3, -0.25) is 4.79 Å². The van der Waals surface area contributed by atoms with Gasteiger partial charge >= 0.3 is 5.97 Å². The van der Waals surface area contributed by atoms with E-state index in [2.05, 4.69) is 5.32 Å². The first-order valence-corrected chi connectivity index (χ1v) is 9.00. The molecule has 0 aliphatic heterocycles. The number of amides is 1. The fourth-order valence-electron chi connectivity index (χ4n) is 2.82. The standard InChI is InChI=1S/C23H21NO4/c25-22(24-15-14-17-8-7-11-19(16-17)23(26)27)21(18-9-3-1-4-10-18)28-20-12-5-2-6-13-20/h1-13,16,21H,14-15H2,(H,24,25)(H,26,27)/t21-/m0/s1. The van der Waals surface area contributed by atoms with Gasteiger partial charge in [0, 0.05) is 12.1 Å². The van der Waals surface area contributed by atoms with Crippen LogP contribution in [-0.2, 0) is 11.2 Å². The van der Waals surface area contributed by atoms with Gasteiger partial charge in [0.05, 0.1) is 5.56 Å². The van der Waals surface area contributed by atoms with Crippen LogP contribution in [0.1, 0.15) is 27.6 Å². The van der Waals surface area contributed by atoms with E-state index in [9.17, 15) is 9.59 Å². The molecule has 1 amide bonds. The highest BCUT2D eigenvalue weighted by Crippen LogP contribution is 2.22. The molecule has 0 saturated heterocycles. The Kier molecular flexibility index (Phi) is 6.41. The molecule has 0 unspecified atom stereocenters. The normalized spacial score (nSPS) is 11.4. The average molecular weight is 375 g/mol. The largest absolute Gasteiger partial charge is 0.478 e. The third kappa shape index (κ3) is 5.20. The summed E-state index contributed by atoms with van der Waals surface area (Å²) in [6.45, 7) is 0.378. The zero-order valence-corrected chi connectivity index (χ0v) is 15.2. The van der Waals surface area contributed by atoms with Crippen LogP contribution in [0.15, 0.2) is 84.9 Å². The number of rotatable bonds is 8. The SMILES string of the molecule is O=C(O)c1cccc(CCNC(=O)[C@@H](Oc2ccccc2)c2ccccc2)c1. The molecule has 0 aliphatic carbocycles. The number of carbonyl (C=O) groups is 2. The van der Waals surface area contributed by atoms with Gasteiger partial charge in [0.1, 0.15) is 5.75 Å². The van der Waals surface area contributed by atoms with E-state index in [1.807, 2.05) is 54.6 Å². The zero-order chi connectivity index (χ0) is 19.8. The van der Waals surface area contributed by atoms with Gasteiger partial charge in [-0.25, -0.2) is 4.79 Å². The van der Waals surface area contributed by atoms with Crippen molar-refractivity contribution in [2.45, 2.75) is 12.5 Å². The molecule has 0 fully saturated rings. The predicted octanol–water partition coefficient (Wildman–Crippen LogP) is 3.86. The van der Waals surface area contributed by atoms with Crippen LogP contribution in [0.3, 0.4) is 0 Å². The Labute approximate surface area is 163 Å². The average Bonchev–Trinajstić information content (AvgIpc) is 2.73. The molecule has 0 radical (unpaired) electrons. The highest BCUT2D eigenvalue weighted by molar-refractivity contribution is 5.87. The fourth-order valence-corrected chi connectivity index (χ4v) is 2.82. The van der Waals surface area contributed by atoms with Crippen LogP contribution in [0.25, 0.3) is 0 Å². The number of benzene rings is 3. The first-order chi connectivity index (χ1) is 13.6. The third-order valence-electron chi connectivity index (χ3n) is 4.22. The van der Waals surface area contributed by atoms with Crippen LogP contribution in [0.2, 0.25) is 0 Å². The molecule has 0 heterocycles. The summed E-state index contributed by atoms with van der Waals surface area (Å²) in [5, 5.41) is 12.0. The van der Waals surface area contributed by atoms with Crippen molar-refractivity contribution in [3.8, 4) is 5.75 Å². The zero-order valence-electron chi connectivity index (χ0n) is 15.2. The lowest BCUT2D eigenvalue weighted by atomic mass is 10.1. The number of carbonyl (C=O) groups excluding carboxylic acids is 1. The summed E-state index contributed by atoms with van der Waals surface area (Å²) in [6.07, 6.45) is -0.242. The lowest BCUT2D eigenvalue weighted by molar-refractivity contribution is -0.128. The van der Waals surface area contributed by atoms with Crippen LogP contribution in [0.5, 0.6) is 5.75 Å². The van der Waals surface area contributed by atoms with Crippen molar-refractivity contribution in [1.29, 1.82) is 0 Å². The van der Waals surface area contributed by atoms with Crippen molar-refractivity contribution in [3.05, 3.63) is 102 Å². The Hall–Kier alpha value is -3.60. The Balaban J connectivity index is 1.66. The van der Waals surface area contributed by atoms with Crippen molar-refractivity contribution in [3.63, 3.8) is 0 Å². The number of hydrogen-bond acceptors (Lipinski definition) is 3. The molecule has 3 aromatic carbocycles. The van der Waals surface area contributed by atoms with Gasteiger partial charge in [-0.15, -0.1) is 0 Å². The van der Waals surface area contributed by atoms with Crippen LogP contribution >= 0.6 is 0 Å².